The lowest BCUT2D eigenvalue weighted by molar-refractivity contribution is 0.582. The number of hydrogen-bond acceptors (Lipinski definition) is 2. The SMILES string of the molecule is CCCNC(C)CS(=O)c1c(Cl)cccc1Cl. The third kappa shape index (κ3) is 4.59. The summed E-state index contributed by atoms with van der Waals surface area (Å²) in [6.45, 7) is 5.04. The van der Waals surface area contributed by atoms with E-state index in [1.165, 1.54) is 0 Å². The van der Waals surface area contributed by atoms with Crippen LogP contribution in [-0.2, 0) is 10.8 Å². The Labute approximate surface area is 115 Å². The molecule has 0 radical (unpaired) electrons. The molecule has 1 aromatic carbocycles. The molecule has 1 rings (SSSR count). The first-order chi connectivity index (χ1) is 8.06. The summed E-state index contributed by atoms with van der Waals surface area (Å²) in [6, 6.07) is 5.36. The van der Waals surface area contributed by atoms with Crippen LogP contribution in [0.3, 0.4) is 0 Å². The lowest BCUT2D eigenvalue weighted by atomic mass is 10.3. The van der Waals surface area contributed by atoms with Gasteiger partial charge in [0.15, 0.2) is 0 Å². The van der Waals surface area contributed by atoms with Gasteiger partial charge in [-0.3, -0.25) is 4.21 Å². The standard InChI is InChI=1S/C12H17Cl2NOS/c1-3-7-15-9(2)8-17(16)12-10(13)5-4-6-11(12)14/h4-6,9,15H,3,7-8H2,1-2H3. The van der Waals surface area contributed by atoms with Gasteiger partial charge in [0.2, 0.25) is 0 Å². The van der Waals surface area contributed by atoms with Crippen LogP contribution >= 0.6 is 23.2 Å². The molecular weight excluding hydrogens is 277 g/mol. The van der Waals surface area contributed by atoms with Gasteiger partial charge in [-0.2, -0.15) is 0 Å². The summed E-state index contributed by atoms with van der Waals surface area (Å²) in [6.07, 6.45) is 1.06. The summed E-state index contributed by atoms with van der Waals surface area (Å²) in [5.74, 6) is 0.517. The Kier molecular flexibility index (Phi) is 6.49. The molecule has 0 aromatic heterocycles. The first kappa shape index (κ1) is 15.0. The molecule has 5 heteroatoms. The molecule has 2 unspecified atom stereocenters. The van der Waals surface area contributed by atoms with Gasteiger partial charge in [-0.25, -0.2) is 0 Å². The van der Waals surface area contributed by atoms with Crippen LogP contribution in [-0.4, -0.2) is 22.5 Å². The van der Waals surface area contributed by atoms with Gasteiger partial charge in [0, 0.05) is 11.8 Å². The molecule has 0 aliphatic heterocycles. The zero-order chi connectivity index (χ0) is 12.8. The minimum atomic E-state index is -1.17. The summed E-state index contributed by atoms with van der Waals surface area (Å²) in [4.78, 5) is 0.543. The van der Waals surface area contributed by atoms with Crippen molar-refractivity contribution in [2.75, 3.05) is 12.3 Å². The average molecular weight is 294 g/mol. The number of hydrogen-bond donors (Lipinski definition) is 1. The first-order valence-electron chi connectivity index (χ1n) is 5.62. The van der Waals surface area contributed by atoms with Gasteiger partial charge in [0.25, 0.3) is 0 Å². The second-order valence-electron chi connectivity index (χ2n) is 3.92. The normalized spacial score (nSPS) is 14.6. The molecule has 0 spiro atoms. The highest BCUT2D eigenvalue weighted by Gasteiger charge is 2.15. The molecule has 1 aromatic rings. The Balaban J connectivity index is 2.70. The molecule has 2 atom stereocenters. The molecular formula is C12H17Cl2NOS. The molecule has 0 amide bonds. The Morgan fingerprint density at radius 1 is 1.35 bits per heavy atom. The monoisotopic (exact) mass is 293 g/mol. The van der Waals surface area contributed by atoms with Crippen molar-refractivity contribution in [2.24, 2.45) is 0 Å². The van der Waals surface area contributed by atoms with E-state index >= 15 is 0 Å². The van der Waals surface area contributed by atoms with Crippen molar-refractivity contribution in [1.29, 1.82) is 0 Å². The largest absolute Gasteiger partial charge is 0.313 e. The summed E-state index contributed by atoms with van der Waals surface area (Å²) in [7, 11) is -1.17. The fourth-order valence-electron chi connectivity index (χ4n) is 1.46. The third-order valence-electron chi connectivity index (χ3n) is 2.29. The number of rotatable bonds is 6. The molecule has 0 heterocycles. The molecule has 1 N–H and O–H groups in total. The van der Waals surface area contributed by atoms with E-state index in [9.17, 15) is 4.21 Å². The van der Waals surface area contributed by atoms with Crippen LogP contribution in [0.4, 0.5) is 0 Å². The van der Waals surface area contributed by atoms with Crippen LogP contribution < -0.4 is 5.32 Å². The average Bonchev–Trinajstić information content (AvgIpc) is 2.26. The minimum absolute atomic E-state index is 0.183. The summed E-state index contributed by atoms with van der Waals surface area (Å²) >= 11 is 12.0. The maximum absolute atomic E-state index is 12.2. The zero-order valence-corrected chi connectivity index (χ0v) is 12.3. The van der Waals surface area contributed by atoms with Gasteiger partial charge < -0.3 is 5.32 Å². The van der Waals surface area contributed by atoms with Gasteiger partial charge in [-0.1, -0.05) is 36.2 Å². The van der Waals surface area contributed by atoms with Crippen molar-refractivity contribution in [2.45, 2.75) is 31.2 Å². The highest BCUT2D eigenvalue weighted by atomic mass is 35.5. The molecule has 0 saturated heterocycles. The van der Waals surface area contributed by atoms with E-state index in [2.05, 4.69) is 12.2 Å². The van der Waals surface area contributed by atoms with Crippen molar-refractivity contribution in [3.63, 3.8) is 0 Å². The molecule has 2 nitrogen and oxygen atoms in total. The van der Waals surface area contributed by atoms with Gasteiger partial charge in [-0.05, 0) is 32.0 Å². The van der Waals surface area contributed by atoms with Crippen LogP contribution in [0, 0.1) is 0 Å². The molecule has 96 valence electrons. The van der Waals surface area contributed by atoms with Crippen LogP contribution in [0.1, 0.15) is 20.3 Å². The Morgan fingerprint density at radius 3 is 2.47 bits per heavy atom. The Bertz CT molecular complexity index is 378. The molecule has 0 saturated carbocycles. The van der Waals surface area contributed by atoms with E-state index in [4.69, 9.17) is 23.2 Å². The predicted molar refractivity (Wildman–Crippen MR) is 75.5 cm³/mol. The van der Waals surface area contributed by atoms with Crippen LogP contribution in [0.15, 0.2) is 23.1 Å². The molecule has 0 fully saturated rings. The summed E-state index contributed by atoms with van der Waals surface area (Å²) in [5.41, 5.74) is 0. The maximum Gasteiger partial charge on any atom is 0.0760 e. The van der Waals surface area contributed by atoms with Crippen molar-refractivity contribution in [3.8, 4) is 0 Å². The van der Waals surface area contributed by atoms with Crippen molar-refractivity contribution >= 4 is 34.0 Å². The second-order valence-corrected chi connectivity index (χ2v) is 6.17. The predicted octanol–water partition coefficient (Wildman–Crippen LogP) is 3.49. The van der Waals surface area contributed by atoms with Crippen molar-refractivity contribution < 1.29 is 4.21 Å². The lowest BCUT2D eigenvalue weighted by Gasteiger charge is -2.14. The molecule has 0 aliphatic rings. The maximum atomic E-state index is 12.2. The van der Waals surface area contributed by atoms with Gasteiger partial charge >= 0.3 is 0 Å². The van der Waals surface area contributed by atoms with Crippen molar-refractivity contribution in [3.05, 3.63) is 28.2 Å². The van der Waals surface area contributed by atoms with Gasteiger partial charge in [-0.15, -0.1) is 0 Å². The molecule has 17 heavy (non-hydrogen) atoms. The minimum Gasteiger partial charge on any atom is -0.313 e. The van der Waals surface area contributed by atoms with Crippen molar-refractivity contribution in [1.82, 2.24) is 5.32 Å². The fraction of sp³-hybridized carbons (Fsp3) is 0.500. The van der Waals surface area contributed by atoms with E-state index in [1.807, 2.05) is 6.92 Å². The summed E-state index contributed by atoms with van der Waals surface area (Å²) in [5, 5.41) is 4.23. The number of halogens is 2. The number of benzene rings is 1. The Hall–Kier alpha value is -0.0900. The van der Waals surface area contributed by atoms with E-state index in [0.717, 1.165) is 13.0 Å². The summed E-state index contributed by atoms with van der Waals surface area (Å²) < 4.78 is 12.2. The van der Waals surface area contributed by atoms with E-state index in [-0.39, 0.29) is 6.04 Å². The second kappa shape index (κ2) is 7.37. The van der Waals surface area contributed by atoms with E-state index in [1.54, 1.807) is 18.2 Å². The fourth-order valence-corrected chi connectivity index (χ4v) is 3.68. The third-order valence-corrected chi connectivity index (χ3v) is 4.84. The lowest BCUT2D eigenvalue weighted by Crippen LogP contribution is -2.31. The molecule has 0 aliphatic carbocycles. The zero-order valence-electron chi connectivity index (χ0n) is 10.0. The topological polar surface area (TPSA) is 29.1 Å². The highest BCUT2D eigenvalue weighted by molar-refractivity contribution is 7.85. The van der Waals surface area contributed by atoms with Crippen LogP contribution in [0.5, 0.6) is 0 Å². The van der Waals surface area contributed by atoms with Gasteiger partial charge in [0.05, 0.1) is 25.7 Å². The van der Waals surface area contributed by atoms with E-state index < -0.39 is 10.8 Å². The molecule has 0 bridgehead atoms. The Morgan fingerprint density at radius 2 is 1.94 bits per heavy atom. The number of nitrogens with one attached hydrogen (secondary N) is 1. The van der Waals surface area contributed by atoms with Gasteiger partial charge in [0.1, 0.15) is 0 Å². The van der Waals surface area contributed by atoms with Crippen LogP contribution in [0.2, 0.25) is 10.0 Å². The van der Waals surface area contributed by atoms with Crippen LogP contribution in [0.25, 0.3) is 0 Å². The van der Waals surface area contributed by atoms with E-state index in [0.29, 0.717) is 20.7 Å². The highest BCUT2D eigenvalue weighted by Crippen LogP contribution is 2.27. The quantitative estimate of drug-likeness (QED) is 0.870. The smallest absolute Gasteiger partial charge is 0.0760 e. The first-order valence-corrected chi connectivity index (χ1v) is 7.69.